The second-order valence-electron chi connectivity index (χ2n) is 13.5. The van der Waals surface area contributed by atoms with E-state index in [1.54, 1.807) is 0 Å². The Bertz CT molecular complexity index is 2610. The third-order valence-corrected chi connectivity index (χ3v) is 10.4. The summed E-state index contributed by atoms with van der Waals surface area (Å²) in [6.45, 7) is 0.712. The van der Waals surface area contributed by atoms with Crippen molar-refractivity contribution in [1.29, 1.82) is 0 Å². The molecule has 10 rings (SSSR count). The van der Waals surface area contributed by atoms with Crippen LogP contribution in [0.25, 0.3) is 60.8 Å². The standard InChI is InChI=1S/C48H35N5/c1-3-13-32(14-4-1)39-21-7-8-22-42(39)43-25-28-51-48-46(43)52-47(53(48)38-19-5-2-6-20-38)37-30-35(40-23-9-15-33-17-11-26-49-44(33)40)29-36(31-37)41-24-10-16-34-18-12-27-50-45(34)41/h1-27,29-31,47,51-52H,28H2. The van der Waals surface area contributed by atoms with Crippen molar-refractivity contribution in [2.75, 3.05) is 11.4 Å². The molecule has 5 heteroatoms. The Morgan fingerprint density at radius 3 is 1.74 bits per heavy atom. The highest BCUT2D eigenvalue weighted by Crippen LogP contribution is 2.44. The molecule has 2 aliphatic heterocycles. The van der Waals surface area contributed by atoms with Crippen molar-refractivity contribution in [3.05, 3.63) is 205 Å². The fourth-order valence-electron chi connectivity index (χ4n) is 7.98. The first-order chi connectivity index (χ1) is 26.3. The highest BCUT2D eigenvalue weighted by atomic mass is 15.4. The van der Waals surface area contributed by atoms with E-state index < -0.39 is 0 Å². The Kier molecular flexibility index (Phi) is 7.54. The number of hydrogen-bond donors (Lipinski definition) is 2. The number of aromatic nitrogens is 2. The zero-order valence-electron chi connectivity index (χ0n) is 28.9. The highest BCUT2D eigenvalue weighted by molar-refractivity contribution is 5.98. The molecule has 0 amide bonds. The average Bonchev–Trinajstić information content (AvgIpc) is 3.64. The maximum Gasteiger partial charge on any atom is 0.133 e. The number of pyridine rings is 2. The topological polar surface area (TPSA) is 53.1 Å². The number of para-hydroxylation sites is 3. The third kappa shape index (κ3) is 5.42. The number of hydrogen-bond acceptors (Lipinski definition) is 5. The van der Waals surface area contributed by atoms with Crippen molar-refractivity contribution in [2.45, 2.75) is 6.17 Å². The lowest BCUT2D eigenvalue weighted by molar-refractivity contribution is 0.643. The molecule has 0 spiro atoms. The van der Waals surface area contributed by atoms with Crippen LogP contribution >= 0.6 is 0 Å². The fraction of sp³-hybridized carbons (Fsp3) is 0.0417. The van der Waals surface area contributed by atoms with Crippen LogP contribution in [0.15, 0.2) is 194 Å². The monoisotopic (exact) mass is 681 g/mol. The second-order valence-corrected chi connectivity index (χ2v) is 13.5. The zero-order chi connectivity index (χ0) is 35.1. The molecule has 0 radical (unpaired) electrons. The summed E-state index contributed by atoms with van der Waals surface area (Å²) >= 11 is 0. The molecule has 0 saturated heterocycles. The van der Waals surface area contributed by atoms with E-state index in [0.29, 0.717) is 6.54 Å². The van der Waals surface area contributed by atoms with Crippen LogP contribution in [-0.2, 0) is 0 Å². The Morgan fingerprint density at radius 1 is 0.509 bits per heavy atom. The number of fused-ring (bicyclic) bond motifs is 2. The van der Waals surface area contributed by atoms with Crippen LogP contribution in [0.4, 0.5) is 5.69 Å². The van der Waals surface area contributed by atoms with Gasteiger partial charge in [-0.05, 0) is 75.8 Å². The highest BCUT2D eigenvalue weighted by Gasteiger charge is 2.37. The Morgan fingerprint density at radius 2 is 1.08 bits per heavy atom. The van der Waals surface area contributed by atoms with Gasteiger partial charge in [0.2, 0.25) is 0 Å². The van der Waals surface area contributed by atoms with Gasteiger partial charge in [-0.1, -0.05) is 127 Å². The summed E-state index contributed by atoms with van der Waals surface area (Å²) in [6, 6.07) is 58.2. The molecule has 53 heavy (non-hydrogen) atoms. The van der Waals surface area contributed by atoms with E-state index in [1.807, 2.05) is 24.5 Å². The van der Waals surface area contributed by atoms with Crippen LogP contribution in [0.5, 0.6) is 0 Å². The van der Waals surface area contributed by atoms with Gasteiger partial charge in [-0.15, -0.1) is 0 Å². The summed E-state index contributed by atoms with van der Waals surface area (Å²) < 4.78 is 0. The minimum atomic E-state index is -0.218. The van der Waals surface area contributed by atoms with Crippen LogP contribution in [0.1, 0.15) is 17.3 Å². The summed E-state index contributed by atoms with van der Waals surface area (Å²) in [7, 11) is 0. The minimum Gasteiger partial charge on any atom is -0.366 e. The number of dihydropyridines is 1. The largest absolute Gasteiger partial charge is 0.366 e. The Hall–Kier alpha value is -6.98. The summed E-state index contributed by atoms with van der Waals surface area (Å²) in [5, 5.41) is 10.1. The molecule has 1 unspecified atom stereocenters. The molecule has 4 heterocycles. The zero-order valence-corrected chi connectivity index (χ0v) is 28.9. The first-order valence-electron chi connectivity index (χ1n) is 18.1. The molecule has 1 atom stereocenters. The molecule has 0 bridgehead atoms. The Labute approximate surface area is 308 Å². The van der Waals surface area contributed by atoms with Gasteiger partial charge in [-0.2, -0.15) is 0 Å². The van der Waals surface area contributed by atoms with Crippen LogP contribution < -0.4 is 15.5 Å². The van der Waals surface area contributed by atoms with Gasteiger partial charge in [0.1, 0.15) is 12.0 Å². The average molecular weight is 682 g/mol. The lowest BCUT2D eigenvalue weighted by Crippen LogP contribution is -2.34. The first kappa shape index (κ1) is 30.8. The molecule has 0 aliphatic carbocycles. The summed E-state index contributed by atoms with van der Waals surface area (Å²) in [5.74, 6) is 1.06. The summed E-state index contributed by atoms with van der Waals surface area (Å²) in [5.41, 5.74) is 14.5. The number of allylic oxidation sites excluding steroid dienone is 1. The van der Waals surface area contributed by atoms with Crippen LogP contribution in [0.2, 0.25) is 0 Å². The number of nitrogens with one attached hydrogen (secondary N) is 2. The van der Waals surface area contributed by atoms with Crippen molar-refractivity contribution >= 4 is 33.1 Å². The van der Waals surface area contributed by atoms with E-state index in [9.17, 15) is 0 Å². The first-order valence-corrected chi connectivity index (χ1v) is 18.1. The van der Waals surface area contributed by atoms with Gasteiger partial charge in [-0.3, -0.25) is 9.97 Å². The minimum absolute atomic E-state index is 0.218. The predicted octanol–water partition coefficient (Wildman–Crippen LogP) is 10.7. The van der Waals surface area contributed by atoms with Crippen LogP contribution in [-0.4, -0.2) is 16.5 Å². The molecular formula is C48H35N5. The van der Waals surface area contributed by atoms with Crippen LogP contribution in [0.3, 0.4) is 0 Å². The van der Waals surface area contributed by atoms with E-state index in [4.69, 9.17) is 9.97 Å². The van der Waals surface area contributed by atoms with Crippen molar-refractivity contribution in [3.8, 4) is 33.4 Å². The molecule has 2 aliphatic rings. The number of benzene rings is 6. The smallest absolute Gasteiger partial charge is 0.133 e. The molecule has 8 aromatic rings. The van der Waals surface area contributed by atoms with Gasteiger partial charge < -0.3 is 15.5 Å². The van der Waals surface area contributed by atoms with E-state index in [-0.39, 0.29) is 6.17 Å². The van der Waals surface area contributed by atoms with Crippen molar-refractivity contribution < 1.29 is 0 Å². The molecular weight excluding hydrogens is 647 g/mol. The normalized spacial score (nSPS) is 15.2. The maximum atomic E-state index is 4.87. The molecule has 252 valence electrons. The van der Waals surface area contributed by atoms with Gasteiger partial charge in [0, 0.05) is 52.1 Å². The summed E-state index contributed by atoms with van der Waals surface area (Å²) in [6.07, 6.45) is 5.85. The number of rotatable bonds is 6. The van der Waals surface area contributed by atoms with E-state index in [2.05, 4.69) is 173 Å². The fourth-order valence-corrected chi connectivity index (χ4v) is 7.98. The van der Waals surface area contributed by atoms with Crippen molar-refractivity contribution in [1.82, 2.24) is 20.6 Å². The summed E-state index contributed by atoms with van der Waals surface area (Å²) in [4.78, 5) is 12.2. The quantitative estimate of drug-likeness (QED) is 0.183. The van der Waals surface area contributed by atoms with Gasteiger partial charge in [0.25, 0.3) is 0 Å². The molecule has 5 nitrogen and oxygen atoms in total. The second kappa shape index (κ2) is 13.0. The van der Waals surface area contributed by atoms with E-state index >= 15 is 0 Å². The number of anilines is 1. The Balaban J connectivity index is 1.18. The van der Waals surface area contributed by atoms with Crippen molar-refractivity contribution in [2.24, 2.45) is 0 Å². The molecule has 2 N–H and O–H groups in total. The van der Waals surface area contributed by atoms with Gasteiger partial charge >= 0.3 is 0 Å². The van der Waals surface area contributed by atoms with Crippen molar-refractivity contribution in [3.63, 3.8) is 0 Å². The van der Waals surface area contributed by atoms with Gasteiger partial charge in [0.15, 0.2) is 0 Å². The van der Waals surface area contributed by atoms with Gasteiger partial charge in [0.05, 0.1) is 16.7 Å². The third-order valence-electron chi connectivity index (χ3n) is 10.4. The maximum absolute atomic E-state index is 4.87. The van der Waals surface area contributed by atoms with Gasteiger partial charge in [-0.25, -0.2) is 0 Å². The molecule has 0 saturated carbocycles. The SMILES string of the molecule is C1=C(c2ccccc2-c2ccccc2)C2=C(NC1)N(c1ccccc1)C(c1cc(-c3cccc4cccnc34)cc(-c3cccc4cccnc34)c1)N2. The molecule has 0 fully saturated rings. The van der Waals surface area contributed by atoms with Crippen LogP contribution in [0, 0.1) is 0 Å². The van der Waals surface area contributed by atoms with E-state index in [1.165, 1.54) is 22.3 Å². The molecule has 6 aromatic carbocycles. The lowest BCUT2D eigenvalue weighted by Gasteiger charge is -2.30. The number of nitrogens with zero attached hydrogens (tertiary/aromatic N) is 3. The predicted molar refractivity (Wildman–Crippen MR) is 218 cm³/mol. The lowest BCUT2D eigenvalue weighted by atomic mass is 9.91. The molecule has 2 aromatic heterocycles. The van der Waals surface area contributed by atoms with E-state index in [0.717, 1.165) is 66.8 Å².